The van der Waals surface area contributed by atoms with E-state index in [2.05, 4.69) is 46.1 Å². The van der Waals surface area contributed by atoms with Crippen LogP contribution in [-0.4, -0.2) is 40.4 Å². The summed E-state index contributed by atoms with van der Waals surface area (Å²) in [5.74, 6) is 0.939. The molecule has 1 atom stereocenters. The van der Waals surface area contributed by atoms with E-state index in [-0.39, 0.29) is 0 Å². The van der Waals surface area contributed by atoms with Crippen molar-refractivity contribution in [2.75, 3.05) is 19.6 Å². The maximum absolute atomic E-state index is 4.67. The number of nitrogens with one attached hydrogen (secondary N) is 1. The van der Waals surface area contributed by atoms with Crippen molar-refractivity contribution in [3.63, 3.8) is 0 Å². The van der Waals surface area contributed by atoms with Crippen LogP contribution in [0.2, 0.25) is 0 Å². The van der Waals surface area contributed by atoms with Gasteiger partial charge in [-0.1, -0.05) is 0 Å². The van der Waals surface area contributed by atoms with Gasteiger partial charge in [-0.05, 0) is 58.2 Å². The van der Waals surface area contributed by atoms with Gasteiger partial charge in [0.25, 0.3) is 0 Å². The molecule has 19 heavy (non-hydrogen) atoms. The van der Waals surface area contributed by atoms with Gasteiger partial charge in [-0.3, -0.25) is 9.58 Å². The lowest BCUT2D eigenvalue weighted by Gasteiger charge is -2.23. The normalized spacial score (nSPS) is 25.7. The summed E-state index contributed by atoms with van der Waals surface area (Å²) in [5, 5.41) is 8.39. The zero-order chi connectivity index (χ0) is 13.2. The van der Waals surface area contributed by atoms with E-state index >= 15 is 0 Å². The molecule has 0 aromatic carbocycles. The maximum Gasteiger partial charge on any atom is 0.0764 e. The second kappa shape index (κ2) is 5.63. The van der Waals surface area contributed by atoms with Crippen LogP contribution in [0.1, 0.15) is 44.8 Å². The van der Waals surface area contributed by atoms with Gasteiger partial charge >= 0.3 is 0 Å². The van der Waals surface area contributed by atoms with Crippen LogP contribution >= 0.6 is 0 Å². The van der Waals surface area contributed by atoms with Gasteiger partial charge < -0.3 is 5.32 Å². The number of rotatable bonds is 4. The molecule has 2 heterocycles. The SMILES string of the molecule is CC(C)n1ccc(CN2CCCNC(C3CC3)C2)n1. The molecule has 1 unspecified atom stereocenters. The summed E-state index contributed by atoms with van der Waals surface area (Å²) in [6.45, 7) is 8.93. The minimum absolute atomic E-state index is 0.457. The highest BCUT2D eigenvalue weighted by atomic mass is 15.3. The first-order valence-electron chi connectivity index (χ1n) is 7.72. The lowest BCUT2D eigenvalue weighted by Crippen LogP contribution is -2.39. The fraction of sp³-hybridized carbons (Fsp3) is 0.800. The van der Waals surface area contributed by atoms with Gasteiger partial charge in [0.2, 0.25) is 0 Å². The highest BCUT2D eigenvalue weighted by Gasteiger charge is 2.33. The highest BCUT2D eigenvalue weighted by molar-refractivity contribution is 5.00. The lowest BCUT2D eigenvalue weighted by molar-refractivity contribution is 0.247. The first kappa shape index (κ1) is 13.1. The van der Waals surface area contributed by atoms with Crippen molar-refractivity contribution < 1.29 is 0 Å². The standard InChI is InChI=1S/C15H26N4/c1-12(2)19-9-6-14(17-19)10-18-8-3-7-16-15(11-18)13-4-5-13/h6,9,12-13,15-16H,3-5,7-8,10-11H2,1-2H3. The van der Waals surface area contributed by atoms with Crippen LogP contribution in [0.4, 0.5) is 0 Å². The molecule has 2 aliphatic rings. The molecule has 1 aromatic heterocycles. The van der Waals surface area contributed by atoms with Crippen molar-refractivity contribution >= 4 is 0 Å². The summed E-state index contributed by atoms with van der Waals surface area (Å²) in [7, 11) is 0. The minimum Gasteiger partial charge on any atom is -0.312 e. The molecule has 3 rings (SSSR count). The smallest absolute Gasteiger partial charge is 0.0764 e. The lowest BCUT2D eigenvalue weighted by atomic mass is 10.2. The van der Waals surface area contributed by atoms with Crippen molar-refractivity contribution in [3.05, 3.63) is 18.0 Å². The van der Waals surface area contributed by atoms with E-state index in [9.17, 15) is 0 Å². The number of nitrogens with zero attached hydrogens (tertiary/aromatic N) is 3. The molecular weight excluding hydrogens is 236 g/mol. The summed E-state index contributed by atoms with van der Waals surface area (Å²) in [4.78, 5) is 2.58. The van der Waals surface area contributed by atoms with Gasteiger partial charge in [0.05, 0.1) is 5.69 Å². The van der Waals surface area contributed by atoms with E-state index in [0.717, 1.165) is 18.5 Å². The predicted octanol–water partition coefficient (Wildman–Crippen LogP) is 2.04. The first-order valence-corrected chi connectivity index (χ1v) is 7.72. The van der Waals surface area contributed by atoms with E-state index in [0.29, 0.717) is 6.04 Å². The van der Waals surface area contributed by atoms with E-state index in [1.165, 1.54) is 44.6 Å². The van der Waals surface area contributed by atoms with E-state index in [1.807, 2.05) is 0 Å². The van der Waals surface area contributed by atoms with Crippen molar-refractivity contribution in [3.8, 4) is 0 Å². The molecule has 1 aliphatic carbocycles. The molecule has 1 saturated carbocycles. The van der Waals surface area contributed by atoms with Crippen molar-refractivity contribution in [2.24, 2.45) is 5.92 Å². The molecule has 0 spiro atoms. The summed E-state index contributed by atoms with van der Waals surface area (Å²) in [6, 6.07) is 3.35. The van der Waals surface area contributed by atoms with Crippen LogP contribution in [0.5, 0.6) is 0 Å². The van der Waals surface area contributed by atoms with Crippen molar-refractivity contribution in [1.82, 2.24) is 20.0 Å². The molecule has 0 radical (unpaired) electrons. The highest BCUT2D eigenvalue weighted by Crippen LogP contribution is 2.33. The van der Waals surface area contributed by atoms with Gasteiger partial charge in [0, 0.05) is 31.4 Å². The Morgan fingerprint density at radius 3 is 2.95 bits per heavy atom. The summed E-state index contributed by atoms with van der Waals surface area (Å²) >= 11 is 0. The Hall–Kier alpha value is -0.870. The second-order valence-electron chi connectivity index (χ2n) is 6.37. The average molecular weight is 262 g/mol. The number of aromatic nitrogens is 2. The maximum atomic E-state index is 4.67. The Bertz CT molecular complexity index is 408. The van der Waals surface area contributed by atoms with Crippen LogP contribution in [0.15, 0.2) is 12.3 Å². The largest absolute Gasteiger partial charge is 0.312 e. The van der Waals surface area contributed by atoms with Gasteiger partial charge in [-0.2, -0.15) is 5.10 Å². The molecule has 106 valence electrons. The van der Waals surface area contributed by atoms with Crippen molar-refractivity contribution in [1.29, 1.82) is 0 Å². The van der Waals surface area contributed by atoms with Gasteiger partial charge in [-0.25, -0.2) is 0 Å². The third-order valence-electron chi connectivity index (χ3n) is 4.28. The Morgan fingerprint density at radius 2 is 2.26 bits per heavy atom. The molecular formula is C15H26N4. The third kappa shape index (κ3) is 3.37. The van der Waals surface area contributed by atoms with E-state index < -0.39 is 0 Å². The van der Waals surface area contributed by atoms with Gasteiger partial charge in [-0.15, -0.1) is 0 Å². The number of hydrogen-bond donors (Lipinski definition) is 1. The molecule has 1 aromatic rings. The monoisotopic (exact) mass is 262 g/mol. The molecule has 4 nitrogen and oxygen atoms in total. The molecule has 4 heteroatoms. The van der Waals surface area contributed by atoms with Crippen LogP contribution in [-0.2, 0) is 6.54 Å². The molecule has 0 amide bonds. The van der Waals surface area contributed by atoms with Crippen LogP contribution in [0.25, 0.3) is 0 Å². The quantitative estimate of drug-likeness (QED) is 0.901. The summed E-state index contributed by atoms with van der Waals surface area (Å²) in [6.07, 6.45) is 6.21. The minimum atomic E-state index is 0.457. The Balaban J connectivity index is 1.60. The molecule has 1 N–H and O–H groups in total. The summed E-state index contributed by atoms with van der Waals surface area (Å²) in [5.41, 5.74) is 1.21. The third-order valence-corrected chi connectivity index (χ3v) is 4.28. The Labute approximate surface area is 116 Å². The average Bonchev–Trinajstić information content (AvgIpc) is 3.14. The zero-order valence-corrected chi connectivity index (χ0v) is 12.2. The second-order valence-corrected chi connectivity index (χ2v) is 6.37. The van der Waals surface area contributed by atoms with Gasteiger partial charge in [0.15, 0.2) is 0 Å². The van der Waals surface area contributed by atoms with Crippen LogP contribution < -0.4 is 5.32 Å². The molecule has 1 aliphatic heterocycles. The Morgan fingerprint density at radius 1 is 1.42 bits per heavy atom. The fourth-order valence-corrected chi connectivity index (χ4v) is 2.96. The number of hydrogen-bond acceptors (Lipinski definition) is 3. The zero-order valence-electron chi connectivity index (χ0n) is 12.2. The molecule has 1 saturated heterocycles. The van der Waals surface area contributed by atoms with Crippen molar-refractivity contribution in [2.45, 2.75) is 51.7 Å². The van der Waals surface area contributed by atoms with E-state index in [4.69, 9.17) is 0 Å². The van der Waals surface area contributed by atoms with Crippen LogP contribution in [0, 0.1) is 5.92 Å². The van der Waals surface area contributed by atoms with Gasteiger partial charge in [0.1, 0.15) is 0 Å². The molecule has 2 fully saturated rings. The summed E-state index contributed by atoms with van der Waals surface area (Å²) < 4.78 is 2.06. The Kier molecular flexibility index (Phi) is 3.89. The topological polar surface area (TPSA) is 33.1 Å². The van der Waals surface area contributed by atoms with E-state index in [1.54, 1.807) is 0 Å². The fourth-order valence-electron chi connectivity index (χ4n) is 2.96. The predicted molar refractivity (Wildman–Crippen MR) is 77.0 cm³/mol. The first-order chi connectivity index (χ1) is 9.22. The molecule has 0 bridgehead atoms. The van der Waals surface area contributed by atoms with Crippen LogP contribution in [0.3, 0.4) is 0 Å².